The van der Waals surface area contributed by atoms with Crippen molar-refractivity contribution >= 4 is 11.8 Å². The lowest BCUT2D eigenvalue weighted by Gasteiger charge is -2.05. The molecular formula is C25H32O3. The highest BCUT2D eigenvalue weighted by atomic mass is 16.4. The summed E-state index contributed by atoms with van der Waals surface area (Å²) in [6.07, 6.45) is 8.10. The molecule has 1 unspecified atom stereocenters. The summed E-state index contributed by atoms with van der Waals surface area (Å²) in [5.41, 5.74) is 3.44. The third-order valence-electron chi connectivity index (χ3n) is 4.96. The van der Waals surface area contributed by atoms with Crippen LogP contribution in [0.25, 0.3) is 0 Å². The van der Waals surface area contributed by atoms with Crippen LogP contribution in [0, 0.1) is 6.92 Å². The van der Waals surface area contributed by atoms with Gasteiger partial charge in [0.25, 0.3) is 0 Å². The van der Waals surface area contributed by atoms with Crippen LogP contribution in [0.15, 0.2) is 48.5 Å². The first-order valence-electron chi connectivity index (χ1n) is 10.9. The van der Waals surface area contributed by atoms with E-state index >= 15 is 0 Å². The number of hydrogen-bond donors (Lipinski definition) is 1. The molecule has 0 bridgehead atoms. The maximum absolute atomic E-state index is 12.5. The second-order valence-corrected chi connectivity index (χ2v) is 7.43. The number of aliphatic carboxylic acids is 1. The van der Waals surface area contributed by atoms with Crippen LogP contribution >= 0.6 is 0 Å². The molecule has 0 amide bonds. The average molecular weight is 382 g/mol. The van der Waals surface area contributed by atoms with Crippen molar-refractivity contribution in [1.29, 1.82) is 0 Å². The number of hydrogen-bond acceptors (Lipinski definition) is 2. The topological polar surface area (TPSA) is 54.4 Å². The number of unbranched alkanes of at least 4 members (excludes halogenated alkanes) is 6. The molecule has 2 aromatic carbocycles. The molecule has 150 valence electrons. The van der Waals surface area contributed by atoms with E-state index in [2.05, 4.69) is 0 Å². The van der Waals surface area contributed by atoms with E-state index < -0.39 is 5.97 Å². The smallest absolute Gasteiger partial charge is 0.303 e. The highest BCUT2D eigenvalue weighted by Crippen LogP contribution is 2.15. The van der Waals surface area contributed by atoms with Gasteiger partial charge in [0.1, 0.15) is 0 Å². The molecule has 3 nitrogen and oxygen atoms in total. The van der Waals surface area contributed by atoms with Crippen LogP contribution in [-0.2, 0) is 11.2 Å². The van der Waals surface area contributed by atoms with E-state index in [9.17, 15) is 9.59 Å². The Morgan fingerprint density at radius 1 is 0.750 bits per heavy atom. The number of ketones is 1. The summed E-state index contributed by atoms with van der Waals surface area (Å²) in [7, 11) is 0. The van der Waals surface area contributed by atoms with Crippen LogP contribution < -0.4 is 0 Å². The third-order valence-corrected chi connectivity index (χ3v) is 4.96. The van der Waals surface area contributed by atoms with Crippen LogP contribution in [0.1, 0.15) is 86.2 Å². The Kier molecular flexibility index (Phi) is 8.79. The molecule has 0 aliphatic rings. The lowest BCUT2D eigenvalue weighted by Crippen LogP contribution is -2.01. The molecule has 1 N–H and O–H groups in total. The Bertz CT molecular complexity index is 766. The van der Waals surface area contributed by atoms with E-state index in [4.69, 9.17) is 6.48 Å². The van der Waals surface area contributed by atoms with Gasteiger partial charge < -0.3 is 5.11 Å². The molecule has 1 atom stereocenters. The SMILES string of the molecule is [2H]C(CCCCCCCCCC(=O)O)c1ccc(C(=O)c2ccc(C)cc2)cc1. The molecule has 0 heterocycles. The first-order valence-corrected chi connectivity index (χ1v) is 10.3. The predicted molar refractivity (Wildman–Crippen MR) is 114 cm³/mol. The minimum absolute atomic E-state index is 0.0152. The van der Waals surface area contributed by atoms with Gasteiger partial charge in [0.15, 0.2) is 5.78 Å². The number of carboxylic acids is 1. The molecule has 2 aromatic rings. The normalized spacial score (nSPS) is 12.4. The van der Waals surface area contributed by atoms with Crippen molar-refractivity contribution in [2.24, 2.45) is 0 Å². The van der Waals surface area contributed by atoms with Crippen molar-refractivity contribution in [1.82, 2.24) is 0 Å². The van der Waals surface area contributed by atoms with Gasteiger partial charge in [-0.15, -0.1) is 0 Å². The third kappa shape index (κ3) is 8.08. The highest BCUT2D eigenvalue weighted by Gasteiger charge is 2.08. The fraction of sp³-hybridized carbons (Fsp3) is 0.440. The summed E-state index contributed by atoms with van der Waals surface area (Å²) in [5, 5.41) is 8.60. The monoisotopic (exact) mass is 381 g/mol. The van der Waals surface area contributed by atoms with E-state index in [1.807, 2.05) is 55.5 Å². The second-order valence-electron chi connectivity index (χ2n) is 7.43. The van der Waals surface area contributed by atoms with Gasteiger partial charge in [0, 0.05) is 18.9 Å². The van der Waals surface area contributed by atoms with E-state index in [1.54, 1.807) is 0 Å². The molecule has 0 saturated heterocycles. The molecule has 0 spiro atoms. The molecule has 0 aromatic heterocycles. The first-order chi connectivity index (χ1) is 14.0. The summed E-state index contributed by atoms with van der Waals surface area (Å²) in [6.45, 7) is 2.00. The fourth-order valence-electron chi connectivity index (χ4n) is 3.22. The molecule has 0 aliphatic carbocycles. The van der Waals surface area contributed by atoms with Gasteiger partial charge in [0.05, 0.1) is 0 Å². The quantitative estimate of drug-likeness (QED) is 0.324. The minimum Gasteiger partial charge on any atom is -0.481 e. The van der Waals surface area contributed by atoms with Crippen LogP contribution in [0.3, 0.4) is 0 Å². The van der Waals surface area contributed by atoms with Gasteiger partial charge in [-0.2, -0.15) is 0 Å². The number of aryl methyl sites for hydroxylation is 2. The maximum atomic E-state index is 12.5. The van der Waals surface area contributed by atoms with E-state index in [0.29, 0.717) is 11.1 Å². The Labute approximate surface area is 170 Å². The van der Waals surface area contributed by atoms with Crippen LogP contribution in [0.2, 0.25) is 0 Å². The van der Waals surface area contributed by atoms with Gasteiger partial charge in [-0.3, -0.25) is 9.59 Å². The first kappa shape index (κ1) is 20.3. The largest absolute Gasteiger partial charge is 0.481 e. The number of rotatable bonds is 13. The zero-order valence-corrected chi connectivity index (χ0v) is 16.8. The highest BCUT2D eigenvalue weighted by molar-refractivity contribution is 6.08. The van der Waals surface area contributed by atoms with E-state index in [0.717, 1.165) is 62.5 Å². The number of carbonyl (C=O) groups is 2. The lowest BCUT2D eigenvalue weighted by molar-refractivity contribution is -0.137. The van der Waals surface area contributed by atoms with Crippen LogP contribution in [0.5, 0.6) is 0 Å². The number of benzene rings is 2. The van der Waals surface area contributed by atoms with Crippen molar-refractivity contribution in [3.05, 3.63) is 70.8 Å². The van der Waals surface area contributed by atoms with Gasteiger partial charge in [-0.05, 0) is 31.7 Å². The summed E-state index contributed by atoms with van der Waals surface area (Å²) in [5.74, 6) is -0.694. The van der Waals surface area contributed by atoms with Gasteiger partial charge in [-0.25, -0.2) is 0 Å². The van der Waals surface area contributed by atoms with Gasteiger partial charge >= 0.3 is 5.97 Å². The Morgan fingerprint density at radius 3 is 1.75 bits per heavy atom. The molecule has 0 radical (unpaired) electrons. The zero-order chi connectivity index (χ0) is 21.1. The number of carboxylic acid groups (broad SMARTS) is 1. The average Bonchev–Trinajstić information content (AvgIpc) is 2.72. The maximum Gasteiger partial charge on any atom is 0.303 e. The van der Waals surface area contributed by atoms with Crippen molar-refractivity contribution in [2.45, 2.75) is 71.1 Å². The molecule has 2 rings (SSSR count). The number of carbonyl (C=O) groups excluding carboxylic acids is 1. The van der Waals surface area contributed by atoms with Gasteiger partial charge in [0.2, 0.25) is 0 Å². The summed E-state index contributed by atoms with van der Waals surface area (Å²) in [4.78, 5) is 23.0. The van der Waals surface area contributed by atoms with E-state index in [1.165, 1.54) is 0 Å². The summed E-state index contributed by atoms with van der Waals surface area (Å²) in [6, 6.07) is 15.1. The Morgan fingerprint density at radius 2 is 1.21 bits per heavy atom. The van der Waals surface area contributed by atoms with Crippen molar-refractivity contribution in [3.63, 3.8) is 0 Å². The molecule has 0 aliphatic heterocycles. The minimum atomic E-state index is -0.709. The van der Waals surface area contributed by atoms with Crippen molar-refractivity contribution in [2.75, 3.05) is 0 Å². The molecule has 0 saturated carbocycles. The summed E-state index contributed by atoms with van der Waals surface area (Å²) < 4.78 is 8.35. The lowest BCUT2D eigenvalue weighted by atomic mass is 9.99. The second kappa shape index (κ2) is 12.1. The van der Waals surface area contributed by atoms with Crippen molar-refractivity contribution in [3.8, 4) is 0 Å². The Balaban J connectivity index is 1.68. The molecule has 0 fully saturated rings. The van der Waals surface area contributed by atoms with Crippen LogP contribution in [0.4, 0.5) is 0 Å². The zero-order valence-electron chi connectivity index (χ0n) is 17.8. The van der Waals surface area contributed by atoms with E-state index in [-0.39, 0.29) is 18.6 Å². The molecule has 3 heteroatoms. The Hall–Kier alpha value is -2.42. The predicted octanol–water partition coefficient (Wildman–Crippen LogP) is 6.36. The molecule has 28 heavy (non-hydrogen) atoms. The van der Waals surface area contributed by atoms with Gasteiger partial charge in [-0.1, -0.05) is 92.6 Å². The standard InChI is InChI=1S/C25H32O3/c1-20-12-16-22(17-13-20)25(28)23-18-14-21(15-19-23)10-8-6-4-2-3-5-7-9-11-24(26)27/h12-19H,2-11H2,1H3,(H,26,27)/i10D. The van der Waals surface area contributed by atoms with Crippen molar-refractivity contribution < 1.29 is 16.1 Å². The van der Waals surface area contributed by atoms with Crippen LogP contribution in [-0.4, -0.2) is 16.9 Å². The summed E-state index contributed by atoms with van der Waals surface area (Å²) >= 11 is 0. The molecular weight excluding hydrogens is 348 g/mol. The fourth-order valence-corrected chi connectivity index (χ4v) is 3.22.